The van der Waals surface area contributed by atoms with Gasteiger partial charge in [0.2, 0.25) is 3.24 Å². The van der Waals surface area contributed by atoms with Crippen LogP contribution < -0.4 is 0 Å². The molecule has 0 saturated carbocycles. The minimum atomic E-state index is -1.86. The van der Waals surface area contributed by atoms with Crippen LogP contribution in [-0.2, 0) is 0 Å². The van der Waals surface area contributed by atoms with Crippen LogP contribution in [-0.4, -0.2) is 19.1 Å². The highest BCUT2D eigenvalue weighted by molar-refractivity contribution is 9.14. The summed E-state index contributed by atoms with van der Waals surface area (Å²) in [5, 5.41) is 0. The van der Waals surface area contributed by atoms with E-state index < -0.39 is 19.1 Å². The Morgan fingerprint density at radius 3 is 1.32 bits per heavy atom. The number of hydrogen-bond acceptors (Lipinski definition) is 2. The number of alkyl halides is 4. The summed E-state index contributed by atoms with van der Waals surface area (Å²) in [5.74, 6) is -1.05. The first-order valence-electron chi connectivity index (χ1n) is 6.24. The quantitative estimate of drug-likeness (QED) is 0.337. The number of halogens is 4. The van der Waals surface area contributed by atoms with Gasteiger partial charge in [0.1, 0.15) is 0 Å². The van der Waals surface area contributed by atoms with E-state index in [9.17, 15) is 9.59 Å². The van der Waals surface area contributed by atoms with Gasteiger partial charge < -0.3 is 0 Å². The first-order valence-corrected chi connectivity index (χ1v) is 8.58. The summed E-state index contributed by atoms with van der Waals surface area (Å²) in [7, 11) is 0. The zero-order chi connectivity index (χ0) is 16.4. The van der Waals surface area contributed by atoms with Gasteiger partial charge in [0.05, 0.1) is 0 Å². The van der Waals surface area contributed by atoms with Crippen LogP contribution in [0.15, 0.2) is 60.7 Å². The van der Waals surface area contributed by atoms with Gasteiger partial charge in [0, 0.05) is 11.1 Å². The molecule has 114 valence electrons. The Hall–Kier alpha value is -0.680. The van der Waals surface area contributed by atoms with E-state index in [2.05, 4.69) is 31.9 Å². The lowest BCUT2D eigenvalue weighted by molar-refractivity contribution is 0.0846. The Morgan fingerprint density at radius 2 is 1.05 bits per heavy atom. The van der Waals surface area contributed by atoms with Gasteiger partial charge in [-0.2, -0.15) is 0 Å². The molecule has 0 bridgehead atoms. The molecule has 2 aromatic carbocycles. The first kappa shape index (κ1) is 17.7. The van der Waals surface area contributed by atoms with Gasteiger partial charge in [-0.25, -0.2) is 0 Å². The van der Waals surface area contributed by atoms with Crippen LogP contribution in [0.3, 0.4) is 0 Å². The number of ketones is 2. The second-order valence-corrected chi connectivity index (χ2v) is 9.17. The molecule has 0 amide bonds. The lowest BCUT2D eigenvalue weighted by Crippen LogP contribution is -2.51. The highest BCUT2D eigenvalue weighted by atomic mass is 79.9. The van der Waals surface area contributed by atoms with Crippen molar-refractivity contribution in [2.45, 2.75) is 7.57 Å². The van der Waals surface area contributed by atoms with Crippen LogP contribution in [0, 0.1) is 0 Å². The molecule has 0 aliphatic carbocycles. The van der Waals surface area contributed by atoms with Crippen molar-refractivity contribution in [1.82, 2.24) is 0 Å². The highest BCUT2D eigenvalue weighted by Gasteiger charge is 2.58. The molecular weight excluding hydrogens is 455 g/mol. The Balaban J connectivity index is 2.55. The third kappa shape index (κ3) is 3.30. The molecule has 0 atom stereocenters. The number of Topliss-reactive ketones (excluding diaryl/α,β-unsaturated/α-hetero) is 2. The minimum Gasteiger partial charge on any atom is -0.292 e. The Morgan fingerprint density at radius 1 is 0.727 bits per heavy atom. The monoisotopic (exact) mass is 462 g/mol. The lowest BCUT2D eigenvalue weighted by Gasteiger charge is -2.31. The zero-order valence-corrected chi connectivity index (χ0v) is 15.8. The van der Waals surface area contributed by atoms with Crippen LogP contribution in [0.1, 0.15) is 20.7 Å². The summed E-state index contributed by atoms with van der Waals surface area (Å²) in [6, 6.07) is 16.7. The smallest absolute Gasteiger partial charge is 0.202 e. The summed E-state index contributed by atoms with van der Waals surface area (Å²) in [6.45, 7) is 0. The van der Waals surface area contributed by atoms with Crippen molar-refractivity contribution in [2.75, 3.05) is 0 Å². The predicted octanol–water partition coefficient (Wildman–Crippen LogP) is 5.41. The second-order valence-electron chi connectivity index (χ2n) is 4.55. The van der Waals surface area contributed by atoms with Crippen LogP contribution in [0.5, 0.6) is 0 Å². The average Bonchev–Trinajstić information content (AvgIpc) is 2.53. The molecule has 22 heavy (non-hydrogen) atoms. The van der Waals surface area contributed by atoms with E-state index in [0.717, 1.165) is 0 Å². The average molecular weight is 465 g/mol. The van der Waals surface area contributed by atoms with Crippen LogP contribution in [0.25, 0.3) is 0 Å². The number of rotatable bonds is 5. The van der Waals surface area contributed by atoms with Crippen molar-refractivity contribution < 1.29 is 9.59 Å². The summed E-state index contributed by atoms with van der Waals surface area (Å²) < 4.78 is -3.67. The predicted molar refractivity (Wildman–Crippen MR) is 96.6 cm³/mol. The fourth-order valence-corrected chi connectivity index (χ4v) is 3.10. The van der Waals surface area contributed by atoms with E-state index in [0.29, 0.717) is 11.1 Å². The molecule has 0 unspecified atom stereocenters. The maximum absolute atomic E-state index is 12.9. The van der Waals surface area contributed by atoms with Gasteiger partial charge in [0.25, 0.3) is 0 Å². The van der Waals surface area contributed by atoms with Crippen LogP contribution >= 0.6 is 55.1 Å². The number of hydrogen-bond donors (Lipinski definition) is 0. The van der Waals surface area contributed by atoms with E-state index in [1.54, 1.807) is 60.7 Å². The molecule has 2 rings (SSSR count). The number of carbonyl (C=O) groups excluding carboxylic acids is 2. The molecule has 0 aromatic heterocycles. The number of carbonyl (C=O) groups is 2. The van der Waals surface area contributed by atoms with E-state index in [1.807, 2.05) is 0 Å². The third-order valence-electron chi connectivity index (χ3n) is 3.09. The molecule has 0 aliphatic rings. The molecule has 2 nitrogen and oxygen atoms in total. The zero-order valence-electron chi connectivity index (χ0n) is 11.1. The van der Waals surface area contributed by atoms with Gasteiger partial charge in [-0.05, 0) is 15.9 Å². The van der Waals surface area contributed by atoms with Crippen molar-refractivity contribution in [3.63, 3.8) is 0 Å². The fraction of sp³-hybridized carbons (Fsp3) is 0.125. The van der Waals surface area contributed by atoms with E-state index in [4.69, 9.17) is 23.2 Å². The van der Waals surface area contributed by atoms with Gasteiger partial charge in [-0.15, -0.1) is 0 Å². The van der Waals surface area contributed by atoms with Crippen molar-refractivity contribution in [3.8, 4) is 0 Å². The molecule has 0 saturated heterocycles. The summed E-state index contributed by atoms with van der Waals surface area (Å²) >= 11 is 18.5. The molecule has 0 heterocycles. The second kappa shape index (κ2) is 6.83. The normalized spacial score (nSPS) is 12.0. The topological polar surface area (TPSA) is 34.1 Å². The van der Waals surface area contributed by atoms with Gasteiger partial charge in [0.15, 0.2) is 15.9 Å². The molecule has 0 spiro atoms. The Labute approximate surface area is 155 Å². The van der Waals surface area contributed by atoms with Crippen LogP contribution in [0.2, 0.25) is 0 Å². The minimum absolute atomic E-state index is 0.328. The fourth-order valence-electron chi connectivity index (χ4n) is 1.94. The van der Waals surface area contributed by atoms with Gasteiger partial charge >= 0.3 is 0 Å². The van der Waals surface area contributed by atoms with Crippen molar-refractivity contribution >= 4 is 66.6 Å². The molecule has 0 aliphatic heterocycles. The van der Waals surface area contributed by atoms with Crippen molar-refractivity contribution in [2.24, 2.45) is 0 Å². The van der Waals surface area contributed by atoms with Crippen LogP contribution in [0.4, 0.5) is 0 Å². The van der Waals surface area contributed by atoms with Gasteiger partial charge in [-0.1, -0.05) is 99.8 Å². The van der Waals surface area contributed by atoms with Crippen molar-refractivity contribution in [1.29, 1.82) is 0 Å². The molecule has 2 aromatic rings. The van der Waals surface area contributed by atoms with E-state index in [1.165, 1.54) is 0 Å². The molecule has 0 N–H and O–H groups in total. The van der Waals surface area contributed by atoms with Crippen molar-refractivity contribution in [3.05, 3.63) is 71.8 Å². The lowest BCUT2D eigenvalue weighted by atomic mass is 9.91. The first-order chi connectivity index (χ1) is 10.3. The molecule has 6 heteroatoms. The summed E-state index contributed by atoms with van der Waals surface area (Å²) in [5.41, 5.74) is 0.655. The third-order valence-corrected chi connectivity index (χ3v) is 6.55. The maximum atomic E-state index is 12.9. The van der Waals surface area contributed by atoms with E-state index in [-0.39, 0.29) is 0 Å². The van der Waals surface area contributed by atoms with E-state index >= 15 is 0 Å². The standard InChI is InChI=1S/C16H10Br2Cl2O2/c17-15(16(18,19)20,13(21)11-7-3-1-4-8-11)14(22)12-9-5-2-6-10-12/h1-10H. The highest BCUT2D eigenvalue weighted by Crippen LogP contribution is 2.49. The number of benzene rings is 2. The molecule has 0 fully saturated rings. The SMILES string of the molecule is O=C(c1ccccc1)C(Br)(C(=O)c1ccccc1)C(Cl)(Cl)Br. The largest absolute Gasteiger partial charge is 0.292 e. The van der Waals surface area contributed by atoms with Gasteiger partial charge in [-0.3, -0.25) is 9.59 Å². The Bertz CT molecular complexity index is 631. The summed E-state index contributed by atoms with van der Waals surface area (Å²) in [4.78, 5) is 25.7. The molecule has 0 radical (unpaired) electrons. The molecular formula is C16H10Br2Cl2O2. The Kier molecular flexibility index (Phi) is 5.49. The maximum Gasteiger partial charge on any atom is 0.202 e. The summed E-state index contributed by atoms with van der Waals surface area (Å²) in [6.07, 6.45) is 0.